The summed E-state index contributed by atoms with van der Waals surface area (Å²) in [4.78, 5) is 0. The summed E-state index contributed by atoms with van der Waals surface area (Å²) in [6, 6.07) is 7.66. The zero-order valence-electron chi connectivity index (χ0n) is 10.8. The Morgan fingerprint density at radius 2 is 1.32 bits per heavy atom. The van der Waals surface area contributed by atoms with Gasteiger partial charge in [0, 0.05) is 5.69 Å². The third-order valence-corrected chi connectivity index (χ3v) is 2.73. The summed E-state index contributed by atoms with van der Waals surface area (Å²) in [5, 5.41) is 0. The Kier molecular flexibility index (Phi) is 3.95. The van der Waals surface area contributed by atoms with Crippen molar-refractivity contribution in [3.63, 3.8) is 0 Å². The summed E-state index contributed by atoms with van der Waals surface area (Å²) in [5.74, 6) is -0.980. The first-order valence-corrected chi connectivity index (χ1v) is 5.90. The molecule has 0 aliphatic carbocycles. The zero-order chi connectivity index (χ0) is 16.5. The Bertz CT molecular complexity index is 664. The molecule has 2 rings (SSSR count). The SMILES string of the molecule is Nc1cc(C(F)(F)F)c(Oc2ccccc2)cc1C(F)(F)F. The third-order valence-electron chi connectivity index (χ3n) is 2.73. The smallest absolute Gasteiger partial charge is 0.420 e. The van der Waals surface area contributed by atoms with Gasteiger partial charge in [-0.1, -0.05) is 18.2 Å². The van der Waals surface area contributed by atoms with Crippen LogP contribution in [0.4, 0.5) is 32.0 Å². The summed E-state index contributed by atoms with van der Waals surface area (Å²) >= 11 is 0. The maximum atomic E-state index is 12.9. The number of rotatable bonds is 2. The number of hydrogen-bond donors (Lipinski definition) is 1. The van der Waals surface area contributed by atoms with Crippen LogP contribution in [-0.2, 0) is 12.4 Å². The van der Waals surface area contributed by atoms with Crippen LogP contribution in [0.3, 0.4) is 0 Å². The molecule has 0 fully saturated rings. The van der Waals surface area contributed by atoms with E-state index in [0.29, 0.717) is 0 Å². The largest absolute Gasteiger partial charge is 0.457 e. The van der Waals surface area contributed by atoms with Crippen molar-refractivity contribution in [2.75, 3.05) is 5.73 Å². The molecule has 8 heteroatoms. The highest BCUT2D eigenvalue weighted by Gasteiger charge is 2.40. The van der Waals surface area contributed by atoms with Gasteiger partial charge in [-0.15, -0.1) is 0 Å². The quantitative estimate of drug-likeness (QED) is 0.617. The van der Waals surface area contributed by atoms with Crippen LogP contribution in [0.5, 0.6) is 11.5 Å². The molecule has 0 spiro atoms. The molecule has 22 heavy (non-hydrogen) atoms. The van der Waals surface area contributed by atoms with Crippen molar-refractivity contribution in [3.8, 4) is 11.5 Å². The number of alkyl halides is 6. The monoisotopic (exact) mass is 321 g/mol. The van der Waals surface area contributed by atoms with E-state index >= 15 is 0 Å². The maximum absolute atomic E-state index is 12.9. The Morgan fingerprint density at radius 1 is 0.773 bits per heavy atom. The van der Waals surface area contributed by atoms with Crippen molar-refractivity contribution in [1.82, 2.24) is 0 Å². The van der Waals surface area contributed by atoms with Crippen LogP contribution >= 0.6 is 0 Å². The van der Waals surface area contributed by atoms with Gasteiger partial charge in [0.2, 0.25) is 0 Å². The van der Waals surface area contributed by atoms with Crippen molar-refractivity contribution in [2.24, 2.45) is 0 Å². The van der Waals surface area contributed by atoms with Gasteiger partial charge in [-0.3, -0.25) is 0 Å². The first kappa shape index (κ1) is 16.0. The van der Waals surface area contributed by atoms with Gasteiger partial charge in [0.1, 0.15) is 17.1 Å². The Labute approximate surface area is 121 Å². The predicted molar refractivity (Wildman–Crippen MR) is 67.4 cm³/mol. The van der Waals surface area contributed by atoms with Crippen LogP contribution in [-0.4, -0.2) is 0 Å². The molecule has 0 amide bonds. The number of para-hydroxylation sites is 1. The fourth-order valence-corrected chi connectivity index (χ4v) is 1.76. The number of anilines is 1. The molecule has 2 N–H and O–H groups in total. The lowest BCUT2D eigenvalue weighted by molar-refractivity contribution is -0.141. The van der Waals surface area contributed by atoms with Crippen molar-refractivity contribution in [2.45, 2.75) is 12.4 Å². The van der Waals surface area contributed by atoms with Gasteiger partial charge >= 0.3 is 12.4 Å². The van der Waals surface area contributed by atoms with E-state index in [-0.39, 0.29) is 17.9 Å². The molecule has 0 heterocycles. The minimum absolute atomic E-state index is 0.0223. The van der Waals surface area contributed by atoms with Crippen LogP contribution in [0.1, 0.15) is 11.1 Å². The van der Waals surface area contributed by atoms with Crippen molar-refractivity contribution in [3.05, 3.63) is 53.6 Å². The van der Waals surface area contributed by atoms with E-state index in [1.54, 1.807) is 6.07 Å². The molecule has 0 aliphatic rings. The molecule has 2 aromatic rings. The lowest BCUT2D eigenvalue weighted by Gasteiger charge is -2.18. The second-order valence-corrected chi connectivity index (χ2v) is 4.35. The number of nitrogens with two attached hydrogens (primary N) is 1. The number of ether oxygens (including phenoxy) is 1. The lowest BCUT2D eigenvalue weighted by Crippen LogP contribution is -2.14. The van der Waals surface area contributed by atoms with Crippen molar-refractivity contribution >= 4 is 5.69 Å². The summed E-state index contributed by atoms with van der Waals surface area (Å²) in [7, 11) is 0. The molecular formula is C14H9F6NO. The number of hydrogen-bond acceptors (Lipinski definition) is 2. The minimum atomic E-state index is -4.90. The van der Waals surface area contributed by atoms with E-state index < -0.39 is 34.9 Å². The number of benzene rings is 2. The molecule has 118 valence electrons. The van der Waals surface area contributed by atoms with E-state index in [1.807, 2.05) is 0 Å². The fourth-order valence-electron chi connectivity index (χ4n) is 1.76. The van der Waals surface area contributed by atoms with Gasteiger partial charge in [0.15, 0.2) is 0 Å². The summed E-state index contributed by atoms with van der Waals surface area (Å²) in [5.41, 5.74) is 1.32. The molecule has 0 atom stereocenters. The first-order chi connectivity index (χ1) is 10.1. The molecule has 0 saturated carbocycles. The van der Waals surface area contributed by atoms with Crippen LogP contribution in [0, 0.1) is 0 Å². The minimum Gasteiger partial charge on any atom is -0.457 e. The van der Waals surface area contributed by atoms with E-state index in [4.69, 9.17) is 10.5 Å². The molecule has 0 bridgehead atoms. The molecule has 2 aromatic carbocycles. The van der Waals surface area contributed by atoms with Crippen molar-refractivity contribution < 1.29 is 31.1 Å². The van der Waals surface area contributed by atoms with Gasteiger partial charge in [0.25, 0.3) is 0 Å². The third kappa shape index (κ3) is 3.44. The van der Waals surface area contributed by atoms with Crippen LogP contribution in [0.2, 0.25) is 0 Å². The van der Waals surface area contributed by atoms with E-state index in [9.17, 15) is 26.3 Å². The van der Waals surface area contributed by atoms with Crippen LogP contribution in [0.25, 0.3) is 0 Å². The maximum Gasteiger partial charge on any atom is 0.420 e. The first-order valence-electron chi connectivity index (χ1n) is 5.90. The van der Waals surface area contributed by atoms with E-state index in [2.05, 4.69) is 0 Å². The van der Waals surface area contributed by atoms with Crippen LogP contribution < -0.4 is 10.5 Å². The molecule has 0 radical (unpaired) electrons. The molecule has 0 unspecified atom stereocenters. The average molecular weight is 321 g/mol. The Hall–Kier alpha value is -2.38. The van der Waals surface area contributed by atoms with E-state index in [0.717, 1.165) is 0 Å². The number of halogens is 6. The Balaban J connectivity index is 2.58. The highest BCUT2D eigenvalue weighted by molar-refractivity contribution is 5.57. The van der Waals surface area contributed by atoms with Gasteiger partial charge in [-0.2, -0.15) is 26.3 Å². The van der Waals surface area contributed by atoms with Crippen LogP contribution in [0.15, 0.2) is 42.5 Å². The molecule has 0 aliphatic heterocycles. The zero-order valence-corrected chi connectivity index (χ0v) is 10.8. The summed E-state index contributed by atoms with van der Waals surface area (Å²) < 4.78 is 82.1. The van der Waals surface area contributed by atoms with Gasteiger partial charge in [-0.05, 0) is 24.3 Å². The fraction of sp³-hybridized carbons (Fsp3) is 0.143. The summed E-state index contributed by atoms with van der Waals surface area (Å²) in [6.45, 7) is 0. The predicted octanol–water partition coefficient (Wildman–Crippen LogP) is 5.10. The second-order valence-electron chi connectivity index (χ2n) is 4.35. The van der Waals surface area contributed by atoms with Gasteiger partial charge in [-0.25, -0.2) is 0 Å². The highest BCUT2D eigenvalue weighted by atomic mass is 19.4. The Morgan fingerprint density at radius 3 is 1.82 bits per heavy atom. The summed E-state index contributed by atoms with van der Waals surface area (Å²) in [6.07, 6.45) is -9.79. The molecule has 0 saturated heterocycles. The van der Waals surface area contributed by atoms with Gasteiger partial charge < -0.3 is 10.5 Å². The topological polar surface area (TPSA) is 35.2 Å². The number of nitrogen functional groups attached to an aromatic ring is 1. The highest BCUT2D eigenvalue weighted by Crippen LogP contribution is 2.44. The molecular weight excluding hydrogens is 312 g/mol. The average Bonchev–Trinajstić information content (AvgIpc) is 2.39. The molecule has 2 nitrogen and oxygen atoms in total. The van der Waals surface area contributed by atoms with Crippen molar-refractivity contribution in [1.29, 1.82) is 0 Å². The lowest BCUT2D eigenvalue weighted by atomic mass is 10.1. The van der Waals surface area contributed by atoms with E-state index in [1.165, 1.54) is 24.3 Å². The normalized spacial score (nSPS) is 12.3. The standard InChI is InChI=1S/C14H9F6NO/c15-13(16,17)9-7-12(22-8-4-2-1-3-5-8)10(6-11(9)21)14(18,19)20/h1-7H,21H2. The second kappa shape index (κ2) is 5.43. The van der Waals surface area contributed by atoms with Gasteiger partial charge in [0.05, 0.1) is 5.56 Å². The molecule has 0 aromatic heterocycles.